The highest BCUT2D eigenvalue weighted by Crippen LogP contribution is 2.33. The van der Waals surface area contributed by atoms with Gasteiger partial charge in [0.1, 0.15) is 17.4 Å². The van der Waals surface area contributed by atoms with Crippen molar-refractivity contribution in [1.29, 1.82) is 0 Å². The van der Waals surface area contributed by atoms with Crippen LogP contribution in [0.4, 0.5) is 8.78 Å². The summed E-state index contributed by atoms with van der Waals surface area (Å²) in [4.78, 5) is 16.8. The van der Waals surface area contributed by atoms with E-state index in [0.717, 1.165) is 16.7 Å². The van der Waals surface area contributed by atoms with Gasteiger partial charge in [0.05, 0.1) is 29.6 Å². The number of hydrogen-bond acceptors (Lipinski definition) is 5. The predicted molar refractivity (Wildman–Crippen MR) is 109 cm³/mol. The molecule has 0 radical (unpaired) electrons. The predicted octanol–water partition coefficient (Wildman–Crippen LogP) is 3.59. The second-order valence-corrected chi connectivity index (χ2v) is 8.03. The Bertz CT molecular complexity index is 1480. The van der Waals surface area contributed by atoms with Gasteiger partial charge in [0.15, 0.2) is 0 Å². The van der Waals surface area contributed by atoms with Gasteiger partial charge in [0.25, 0.3) is 15.7 Å². The summed E-state index contributed by atoms with van der Waals surface area (Å²) in [6.45, 7) is 0. The molecule has 0 saturated heterocycles. The van der Waals surface area contributed by atoms with Gasteiger partial charge in [-0.25, -0.2) is 8.78 Å². The fraction of sp³-hybridized carbons (Fsp3) is 0.0476. The number of benzene rings is 2. The second kappa shape index (κ2) is 7.56. The minimum absolute atomic E-state index is 0.0176. The van der Waals surface area contributed by atoms with Crippen LogP contribution < -0.4 is 10.3 Å². The molecule has 0 aliphatic heterocycles. The fourth-order valence-corrected chi connectivity index (χ4v) is 3.79. The van der Waals surface area contributed by atoms with E-state index in [1.165, 1.54) is 43.8 Å². The van der Waals surface area contributed by atoms with Crippen LogP contribution in [0.15, 0.2) is 70.6 Å². The molecule has 0 unspecified atom stereocenters. The van der Waals surface area contributed by atoms with E-state index < -0.39 is 27.3 Å². The van der Waals surface area contributed by atoms with Crippen LogP contribution in [-0.4, -0.2) is 29.6 Å². The van der Waals surface area contributed by atoms with Crippen molar-refractivity contribution < 1.29 is 26.5 Å². The van der Waals surface area contributed by atoms with E-state index in [0.29, 0.717) is 28.1 Å². The average molecular weight is 444 g/mol. The van der Waals surface area contributed by atoms with Crippen LogP contribution in [0.3, 0.4) is 0 Å². The number of nitrogens with zero attached hydrogens (tertiary/aromatic N) is 2. The first kappa shape index (κ1) is 20.6. The van der Waals surface area contributed by atoms with Crippen LogP contribution in [0.5, 0.6) is 5.75 Å². The fourth-order valence-electron chi connectivity index (χ4n) is 3.27. The minimum atomic E-state index is -4.39. The highest BCUT2D eigenvalue weighted by atomic mass is 32.2. The zero-order chi connectivity index (χ0) is 22.3. The molecule has 0 amide bonds. The Hall–Kier alpha value is -3.63. The van der Waals surface area contributed by atoms with E-state index in [9.17, 15) is 26.5 Å². The molecule has 0 aliphatic carbocycles. The van der Waals surface area contributed by atoms with Crippen molar-refractivity contribution in [2.24, 2.45) is 0 Å². The third kappa shape index (κ3) is 3.90. The van der Waals surface area contributed by atoms with Gasteiger partial charge < -0.3 is 4.74 Å². The van der Waals surface area contributed by atoms with Crippen molar-refractivity contribution in [3.8, 4) is 22.7 Å². The topological polar surface area (TPSA) is 98.5 Å². The number of methoxy groups -OCH3 is 1. The van der Waals surface area contributed by atoms with Crippen LogP contribution in [0.2, 0.25) is 0 Å². The molecule has 2 heterocycles. The summed E-state index contributed by atoms with van der Waals surface area (Å²) >= 11 is 0. The minimum Gasteiger partial charge on any atom is -0.494 e. The molecule has 0 atom stereocenters. The quantitative estimate of drug-likeness (QED) is 0.483. The lowest BCUT2D eigenvalue weighted by atomic mass is 10.0. The lowest BCUT2D eigenvalue weighted by Gasteiger charge is -2.14. The van der Waals surface area contributed by atoms with Gasteiger partial charge in [0, 0.05) is 29.3 Å². The van der Waals surface area contributed by atoms with Crippen LogP contribution in [0.25, 0.3) is 27.7 Å². The summed E-state index contributed by atoms with van der Waals surface area (Å²) in [5.41, 5.74) is 0.0157. The number of pyridine rings is 2. The third-order valence-electron chi connectivity index (χ3n) is 4.65. The smallest absolute Gasteiger partial charge is 0.294 e. The molecule has 0 fully saturated rings. The largest absolute Gasteiger partial charge is 0.494 e. The standard InChI is InChI=1S/C21H14F2N2O5S/c1-30-19-11-25(15-8-13(22)7-14(23)9-15)20(26)10-18(19)21-17-3-2-16(31(27,28)29)6-12(17)4-5-24-21/h2-11H,1H3,(H,27,28,29). The van der Waals surface area contributed by atoms with Gasteiger partial charge in [-0.05, 0) is 35.7 Å². The van der Waals surface area contributed by atoms with E-state index in [1.54, 1.807) is 6.07 Å². The SMILES string of the molecule is COc1cn(-c2cc(F)cc(F)c2)c(=O)cc1-c1nccc2cc(S(=O)(=O)O)ccc12. The number of rotatable bonds is 4. The molecule has 2 aromatic heterocycles. The van der Waals surface area contributed by atoms with E-state index in [-0.39, 0.29) is 16.3 Å². The van der Waals surface area contributed by atoms with Crippen molar-refractivity contribution in [1.82, 2.24) is 9.55 Å². The van der Waals surface area contributed by atoms with Crippen LogP contribution in [-0.2, 0) is 10.1 Å². The lowest BCUT2D eigenvalue weighted by molar-refractivity contribution is 0.412. The summed E-state index contributed by atoms with van der Waals surface area (Å²) in [5, 5.41) is 0.959. The van der Waals surface area contributed by atoms with E-state index in [1.807, 2.05) is 0 Å². The molecular formula is C21H14F2N2O5S. The summed E-state index contributed by atoms with van der Waals surface area (Å²) < 4.78 is 65.7. The monoisotopic (exact) mass is 444 g/mol. The van der Waals surface area contributed by atoms with Gasteiger partial charge in [-0.15, -0.1) is 0 Å². The maximum atomic E-state index is 13.6. The molecule has 0 spiro atoms. The van der Waals surface area contributed by atoms with Crippen LogP contribution in [0.1, 0.15) is 0 Å². The lowest BCUT2D eigenvalue weighted by Crippen LogP contribution is -2.18. The maximum Gasteiger partial charge on any atom is 0.294 e. The zero-order valence-corrected chi connectivity index (χ0v) is 16.7. The highest BCUT2D eigenvalue weighted by Gasteiger charge is 2.17. The highest BCUT2D eigenvalue weighted by molar-refractivity contribution is 7.85. The Labute approximate surface area is 174 Å². The Balaban J connectivity index is 1.94. The van der Waals surface area contributed by atoms with E-state index in [4.69, 9.17) is 4.74 Å². The summed E-state index contributed by atoms with van der Waals surface area (Å²) in [5.74, 6) is -1.48. The molecule has 2 aromatic carbocycles. The van der Waals surface area contributed by atoms with Crippen LogP contribution in [0, 0.1) is 11.6 Å². The molecule has 4 rings (SSSR count). The first-order valence-electron chi connectivity index (χ1n) is 8.81. The average Bonchev–Trinajstić information content (AvgIpc) is 2.71. The Kier molecular flexibility index (Phi) is 5.03. The normalized spacial score (nSPS) is 11.6. The summed E-state index contributed by atoms with van der Waals surface area (Å²) in [7, 11) is -3.03. The number of fused-ring (bicyclic) bond motifs is 1. The zero-order valence-electron chi connectivity index (χ0n) is 15.9. The molecule has 4 aromatic rings. The third-order valence-corrected chi connectivity index (χ3v) is 5.50. The Morgan fingerprint density at radius 2 is 1.74 bits per heavy atom. The summed E-state index contributed by atoms with van der Waals surface area (Å²) in [6.07, 6.45) is 2.71. The number of ether oxygens (including phenoxy) is 1. The Morgan fingerprint density at radius 3 is 2.39 bits per heavy atom. The van der Waals surface area contributed by atoms with Crippen molar-refractivity contribution in [3.05, 3.63) is 82.9 Å². The van der Waals surface area contributed by atoms with Crippen molar-refractivity contribution in [3.63, 3.8) is 0 Å². The van der Waals surface area contributed by atoms with Gasteiger partial charge in [-0.2, -0.15) is 8.42 Å². The number of aromatic nitrogens is 2. The van der Waals surface area contributed by atoms with Gasteiger partial charge >= 0.3 is 0 Å². The van der Waals surface area contributed by atoms with Crippen molar-refractivity contribution in [2.75, 3.05) is 7.11 Å². The summed E-state index contributed by atoms with van der Waals surface area (Å²) in [6, 6.07) is 9.42. The van der Waals surface area contributed by atoms with Crippen molar-refractivity contribution >= 4 is 20.9 Å². The van der Waals surface area contributed by atoms with Crippen molar-refractivity contribution in [2.45, 2.75) is 4.90 Å². The first-order chi connectivity index (χ1) is 14.7. The molecule has 1 N–H and O–H groups in total. The van der Waals surface area contributed by atoms with Crippen LogP contribution >= 0.6 is 0 Å². The molecule has 0 bridgehead atoms. The van der Waals surface area contributed by atoms with Gasteiger partial charge in [-0.3, -0.25) is 18.9 Å². The molecule has 10 heteroatoms. The van der Waals surface area contributed by atoms with E-state index >= 15 is 0 Å². The van der Waals surface area contributed by atoms with Gasteiger partial charge in [0.2, 0.25) is 0 Å². The maximum absolute atomic E-state index is 13.6. The Morgan fingerprint density at radius 1 is 1.03 bits per heavy atom. The first-order valence-corrected chi connectivity index (χ1v) is 10.2. The van der Waals surface area contributed by atoms with E-state index in [2.05, 4.69) is 4.98 Å². The molecule has 7 nitrogen and oxygen atoms in total. The number of hydrogen-bond donors (Lipinski definition) is 1. The second-order valence-electron chi connectivity index (χ2n) is 6.61. The molecule has 0 saturated carbocycles. The molecule has 158 valence electrons. The molecule has 0 aliphatic rings. The molecule has 31 heavy (non-hydrogen) atoms. The molecular weight excluding hydrogens is 430 g/mol. The number of halogens is 2. The van der Waals surface area contributed by atoms with Gasteiger partial charge in [-0.1, -0.05) is 6.07 Å².